The van der Waals surface area contributed by atoms with Gasteiger partial charge >= 0.3 is 5.97 Å². The molecule has 4 aliphatic rings. The molecule has 1 unspecified atom stereocenters. The molecule has 0 spiro atoms. The summed E-state index contributed by atoms with van der Waals surface area (Å²) in [6.45, 7) is 1.98. The van der Waals surface area contributed by atoms with E-state index in [9.17, 15) is 9.59 Å². The first-order valence-electron chi connectivity index (χ1n) is 10.2. The zero-order valence-electron chi connectivity index (χ0n) is 16.0. The van der Waals surface area contributed by atoms with Crippen LogP contribution in [0.3, 0.4) is 0 Å². The van der Waals surface area contributed by atoms with Crippen LogP contribution < -0.4 is 5.32 Å². The van der Waals surface area contributed by atoms with Crippen molar-refractivity contribution in [2.24, 2.45) is 23.2 Å². The van der Waals surface area contributed by atoms with Gasteiger partial charge in [-0.1, -0.05) is 18.2 Å². The van der Waals surface area contributed by atoms with E-state index in [1.54, 1.807) is 0 Å². The Hall–Kier alpha value is -1.49. The lowest BCUT2D eigenvalue weighted by Crippen LogP contribution is -2.56. The quantitative estimate of drug-likeness (QED) is 0.567. The van der Waals surface area contributed by atoms with Gasteiger partial charge in [-0.25, -0.2) is 0 Å². The summed E-state index contributed by atoms with van der Waals surface area (Å²) in [6, 6.07) is 9.89. The first-order chi connectivity index (χ1) is 13.0. The zero-order valence-corrected chi connectivity index (χ0v) is 16.8. The fraction of sp³-hybridized carbons (Fsp3) is 0.636. The molecule has 5 rings (SSSR count). The summed E-state index contributed by atoms with van der Waals surface area (Å²) in [4.78, 5) is 25.3. The van der Waals surface area contributed by atoms with E-state index in [4.69, 9.17) is 4.74 Å². The van der Waals surface area contributed by atoms with Gasteiger partial charge in [0.05, 0.1) is 5.75 Å². The van der Waals surface area contributed by atoms with Gasteiger partial charge in [0.2, 0.25) is 0 Å². The Morgan fingerprint density at radius 2 is 1.70 bits per heavy atom. The Bertz CT molecular complexity index is 655. The number of hydrogen-bond acceptors (Lipinski definition) is 4. The molecule has 0 aromatic heterocycles. The SMILES string of the molecule is CC(NC(=O)COC(=O)CSc1ccccc1)C12CC3CC(CC(C3)C1)C2. The smallest absolute Gasteiger partial charge is 0.316 e. The molecule has 0 radical (unpaired) electrons. The van der Waals surface area contributed by atoms with Crippen molar-refractivity contribution in [3.63, 3.8) is 0 Å². The largest absolute Gasteiger partial charge is 0.455 e. The maximum absolute atomic E-state index is 12.3. The number of rotatable bonds is 7. The summed E-state index contributed by atoms with van der Waals surface area (Å²) in [6.07, 6.45) is 7.97. The molecule has 1 amide bonds. The molecular weight excluding hydrogens is 358 g/mol. The van der Waals surface area contributed by atoms with E-state index >= 15 is 0 Å². The molecule has 4 nitrogen and oxygen atoms in total. The van der Waals surface area contributed by atoms with Crippen LogP contribution in [-0.4, -0.2) is 30.3 Å². The second-order valence-electron chi connectivity index (χ2n) is 8.83. The van der Waals surface area contributed by atoms with Crippen molar-refractivity contribution in [2.45, 2.75) is 56.4 Å². The Balaban J connectivity index is 1.22. The van der Waals surface area contributed by atoms with Gasteiger partial charge in [-0.2, -0.15) is 0 Å². The van der Waals surface area contributed by atoms with E-state index in [1.165, 1.54) is 50.3 Å². The number of carbonyl (C=O) groups is 2. The van der Waals surface area contributed by atoms with Gasteiger partial charge in [-0.05, 0) is 80.8 Å². The average Bonchev–Trinajstić information content (AvgIpc) is 2.64. The van der Waals surface area contributed by atoms with Crippen molar-refractivity contribution in [3.8, 4) is 0 Å². The molecule has 4 aliphatic carbocycles. The fourth-order valence-corrected chi connectivity index (χ4v) is 6.71. The number of amides is 1. The molecular formula is C22H29NO3S. The second-order valence-corrected chi connectivity index (χ2v) is 9.88. The Morgan fingerprint density at radius 3 is 2.30 bits per heavy atom. The molecule has 5 heteroatoms. The summed E-state index contributed by atoms with van der Waals surface area (Å²) >= 11 is 1.43. The third-order valence-corrected chi connectivity index (χ3v) is 7.83. The number of carbonyl (C=O) groups excluding carboxylic acids is 2. The highest BCUT2D eigenvalue weighted by molar-refractivity contribution is 8.00. The van der Waals surface area contributed by atoms with Crippen LogP contribution in [0.1, 0.15) is 45.4 Å². The van der Waals surface area contributed by atoms with Crippen molar-refractivity contribution in [1.29, 1.82) is 0 Å². The van der Waals surface area contributed by atoms with Crippen LogP contribution >= 0.6 is 11.8 Å². The van der Waals surface area contributed by atoms with Gasteiger partial charge in [0, 0.05) is 10.9 Å². The van der Waals surface area contributed by atoms with Gasteiger partial charge in [0.25, 0.3) is 5.91 Å². The van der Waals surface area contributed by atoms with E-state index in [0.29, 0.717) is 0 Å². The van der Waals surface area contributed by atoms with Crippen molar-refractivity contribution in [1.82, 2.24) is 5.32 Å². The summed E-state index contributed by atoms with van der Waals surface area (Å²) < 4.78 is 5.17. The van der Waals surface area contributed by atoms with E-state index in [0.717, 1.165) is 22.6 Å². The van der Waals surface area contributed by atoms with Crippen LogP contribution in [0, 0.1) is 23.2 Å². The van der Waals surface area contributed by atoms with Crippen molar-refractivity contribution < 1.29 is 14.3 Å². The van der Waals surface area contributed by atoms with Crippen molar-refractivity contribution in [3.05, 3.63) is 30.3 Å². The molecule has 4 saturated carbocycles. The third-order valence-electron chi connectivity index (χ3n) is 6.85. The number of nitrogens with one attached hydrogen (secondary N) is 1. The molecule has 1 aromatic rings. The first kappa shape index (κ1) is 18.9. The minimum absolute atomic E-state index is 0.163. The Kier molecular flexibility index (Phi) is 5.49. The van der Waals surface area contributed by atoms with E-state index in [1.807, 2.05) is 30.3 Å². The van der Waals surface area contributed by atoms with Gasteiger partial charge in [0.15, 0.2) is 6.61 Å². The minimum Gasteiger partial charge on any atom is -0.455 e. The van der Waals surface area contributed by atoms with Crippen LogP contribution in [0.25, 0.3) is 0 Å². The Morgan fingerprint density at radius 1 is 1.11 bits per heavy atom. The zero-order chi connectivity index (χ0) is 18.9. The van der Waals surface area contributed by atoms with Crippen LogP contribution in [0.15, 0.2) is 35.2 Å². The lowest BCUT2D eigenvalue weighted by molar-refractivity contribution is -0.147. The highest BCUT2D eigenvalue weighted by Gasteiger charge is 2.53. The van der Waals surface area contributed by atoms with Gasteiger partial charge in [0.1, 0.15) is 0 Å². The van der Waals surface area contributed by atoms with Crippen LogP contribution in [-0.2, 0) is 14.3 Å². The predicted molar refractivity (Wildman–Crippen MR) is 106 cm³/mol. The first-order valence-corrected chi connectivity index (χ1v) is 11.1. The van der Waals surface area contributed by atoms with Crippen LogP contribution in [0.2, 0.25) is 0 Å². The number of benzene rings is 1. The van der Waals surface area contributed by atoms with E-state index < -0.39 is 0 Å². The van der Waals surface area contributed by atoms with Crippen LogP contribution in [0.5, 0.6) is 0 Å². The Labute approximate surface area is 165 Å². The topological polar surface area (TPSA) is 55.4 Å². The monoisotopic (exact) mass is 387 g/mol. The number of hydrogen-bond donors (Lipinski definition) is 1. The summed E-state index contributed by atoms with van der Waals surface area (Å²) in [5.41, 5.74) is 0.275. The molecule has 0 aliphatic heterocycles. The lowest BCUT2D eigenvalue weighted by atomic mass is 9.48. The molecule has 1 atom stereocenters. The molecule has 4 fully saturated rings. The molecule has 0 heterocycles. The lowest BCUT2D eigenvalue weighted by Gasteiger charge is -2.59. The molecule has 1 aromatic carbocycles. The summed E-state index contributed by atoms with van der Waals surface area (Å²) in [5, 5.41) is 3.14. The molecule has 4 bridgehead atoms. The molecule has 146 valence electrons. The summed E-state index contributed by atoms with van der Waals surface area (Å²) in [7, 11) is 0. The standard InChI is InChI=1S/C22H29NO3S/c1-15(22-10-16-7-17(11-22)9-18(8-16)12-22)23-20(24)13-26-21(25)14-27-19-5-3-2-4-6-19/h2-6,15-18H,7-14H2,1H3,(H,23,24). The van der Waals surface area contributed by atoms with Gasteiger partial charge in [-0.15, -0.1) is 11.8 Å². The summed E-state index contributed by atoms with van der Waals surface area (Å²) in [5.74, 6) is 2.30. The highest BCUT2D eigenvalue weighted by Crippen LogP contribution is 2.61. The minimum atomic E-state index is -0.346. The number of ether oxygens (including phenoxy) is 1. The van der Waals surface area contributed by atoms with E-state index in [2.05, 4.69) is 12.2 Å². The second kappa shape index (κ2) is 7.86. The maximum Gasteiger partial charge on any atom is 0.316 e. The van der Waals surface area contributed by atoms with Crippen LogP contribution in [0.4, 0.5) is 0 Å². The van der Waals surface area contributed by atoms with Crippen molar-refractivity contribution >= 4 is 23.6 Å². The predicted octanol–water partition coefficient (Wildman–Crippen LogP) is 4.04. The van der Waals surface area contributed by atoms with Gasteiger partial charge < -0.3 is 10.1 Å². The number of thioether (sulfide) groups is 1. The third kappa shape index (κ3) is 4.34. The normalized spacial score (nSPS) is 32.1. The van der Waals surface area contributed by atoms with E-state index in [-0.39, 0.29) is 35.7 Å². The average molecular weight is 388 g/mol. The van der Waals surface area contributed by atoms with Gasteiger partial charge in [-0.3, -0.25) is 9.59 Å². The van der Waals surface area contributed by atoms with Crippen molar-refractivity contribution in [2.75, 3.05) is 12.4 Å². The maximum atomic E-state index is 12.3. The molecule has 1 N–H and O–H groups in total. The number of esters is 1. The highest BCUT2D eigenvalue weighted by atomic mass is 32.2. The fourth-order valence-electron chi connectivity index (χ4n) is 5.99. The molecule has 27 heavy (non-hydrogen) atoms. The molecule has 0 saturated heterocycles.